The second-order valence-electron chi connectivity index (χ2n) is 5.30. The summed E-state index contributed by atoms with van der Waals surface area (Å²) in [5, 5.41) is 0. The summed E-state index contributed by atoms with van der Waals surface area (Å²) in [4.78, 5) is 25.2. The lowest BCUT2D eigenvalue weighted by molar-refractivity contribution is 0.218. The van der Waals surface area contributed by atoms with Gasteiger partial charge in [-0.2, -0.15) is 0 Å². The van der Waals surface area contributed by atoms with Gasteiger partial charge in [0, 0.05) is 12.1 Å². The molecule has 1 aliphatic rings. The van der Waals surface area contributed by atoms with Crippen molar-refractivity contribution in [1.29, 1.82) is 0 Å². The Labute approximate surface area is 99.7 Å². The van der Waals surface area contributed by atoms with E-state index < -0.39 is 5.56 Å². The fourth-order valence-corrected chi connectivity index (χ4v) is 3.01. The summed E-state index contributed by atoms with van der Waals surface area (Å²) in [6, 6.07) is 1.39. The third-order valence-electron chi connectivity index (χ3n) is 3.52. The van der Waals surface area contributed by atoms with Crippen LogP contribution in [0.3, 0.4) is 0 Å². The van der Waals surface area contributed by atoms with Crippen LogP contribution in [0, 0.1) is 11.8 Å². The minimum absolute atomic E-state index is 0.109. The second-order valence-corrected chi connectivity index (χ2v) is 5.30. The van der Waals surface area contributed by atoms with E-state index in [0.29, 0.717) is 11.8 Å². The number of aromatic amines is 1. The van der Waals surface area contributed by atoms with Crippen molar-refractivity contribution in [2.45, 2.75) is 39.2 Å². The fourth-order valence-electron chi connectivity index (χ4n) is 3.01. The Morgan fingerprint density at radius 1 is 1.24 bits per heavy atom. The van der Waals surface area contributed by atoms with Gasteiger partial charge in [-0.25, -0.2) is 4.79 Å². The minimum atomic E-state index is -0.430. The summed E-state index contributed by atoms with van der Waals surface area (Å²) in [5.74, 6) is 1.44. The second kappa shape index (κ2) is 4.39. The molecule has 3 N–H and O–H groups in total. The Morgan fingerprint density at radius 2 is 1.82 bits per heavy atom. The maximum atomic E-state index is 11.8. The quantitative estimate of drug-likeness (QED) is 0.768. The molecule has 1 aromatic heterocycles. The first kappa shape index (κ1) is 12.0. The van der Waals surface area contributed by atoms with Gasteiger partial charge in [-0.3, -0.25) is 14.3 Å². The lowest BCUT2D eigenvalue weighted by Crippen LogP contribution is -2.36. The van der Waals surface area contributed by atoms with E-state index >= 15 is 0 Å². The van der Waals surface area contributed by atoms with Crippen molar-refractivity contribution in [3.05, 3.63) is 26.9 Å². The van der Waals surface area contributed by atoms with E-state index in [0.717, 1.165) is 12.8 Å². The molecule has 0 saturated heterocycles. The molecule has 5 heteroatoms. The third kappa shape index (κ3) is 2.43. The van der Waals surface area contributed by atoms with E-state index in [9.17, 15) is 9.59 Å². The molecule has 0 amide bonds. The first-order valence-electron chi connectivity index (χ1n) is 6.08. The van der Waals surface area contributed by atoms with Crippen molar-refractivity contribution in [1.82, 2.24) is 9.55 Å². The van der Waals surface area contributed by atoms with E-state index in [1.807, 2.05) is 0 Å². The van der Waals surface area contributed by atoms with Crippen molar-refractivity contribution < 1.29 is 0 Å². The molecule has 1 aromatic rings. The number of nitrogens with zero attached hydrogens (tertiary/aromatic N) is 1. The number of anilines is 1. The first-order valence-corrected chi connectivity index (χ1v) is 6.08. The number of nitrogens with two attached hydrogens (primary N) is 1. The zero-order valence-corrected chi connectivity index (χ0v) is 10.3. The predicted molar refractivity (Wildman–Crippen MR) is 67.0 cm³/mol. The number of aromatic nitrogens is 2. The number of H-pyrrole nitrogens is 1. The van der Waals surface area contributed by atoms with Crippen molar-refractivity contribution >= 4 is 5.82 Å². The summed E-state index contributed by atoms with van der Waals surface area (Å²) < 4.78 is 1.54. The van der Waals surface area contributed by atoms with Crippen LogP contribution in [0.5, 0.6) is 0 Å². The fraction of sp³-hybridized carbons (Fsp3) is 0.667. The number of rotatable bonds is 1. The van der Waals surface area contributed by atoms with Crippen LogP contribution in [0.1, 0.15) is 39.2 Å². The highest BCUT2D eigenvalue weighted by Gasteiger charge is 2.26. The number of hydrogen-bond donors (Lipinski definition) is 2. The van der Waals surface area contributed by atoms with E-state index in [2.05, 4.69) is 18.8 Å². The summed E-state index contributed by atoms with van der Waals surface area (Å²) >= 11 is 0. The van der Waals surface area contributed by atoms with Crippen molar-refractivity contribution in [2.75, 3.05) is 5.73 Å². The molecule has 0 aliphatic heterocycles. The van der Waals surface area contributed by atoms with Crippen molar-refractivity contribution in [3.8, 4) is 0 Å². The van der Waals surface area contributed by atoms with Gasteiger partial charge >= 0.3 is 5.69 Å². The zero-order valence-electron chi connectivity index (χ0n) is 10.3. The normalized spacial score (nSPS) is 29.2. The Kier molecular flexibility index (Phi) is 3.09. The van der Waals surface area contributed by atoms with Crippen LogP contribution in [-0.4, -0.2) is 9.55 Å². The molecule has 17 heavy (non-hydrogen) atoms. The summed E-state index contributed by atoms with van der Waals surface area (Å²) in [6.07, 6.45) is 3.08. The highest BCUT2D eigenvalue weighted by molar-refractivity contribution is 5.27. The molecule has 0 bridgehead atoms. The van der Waals surface area contributed by atoms with Gasteiger partial charge in [-0.05, 0) is 31.1 Å². The summed E-state index contributed by atoms with van der Waals surface area (Å²) in [6.45, 7) is 4.38. The molecular formula is C12H19N3O2. The van der Waals surface area contributed by atoms with Crippen LogP contribution in [0.15, 0.2) is 15.7 Å². The van der Waals surface area contributed by atoms with Crippen molar-refractivity contribution in [2.24, 2.45) is 11.8 Å². The predicted octanol–water partition coefficient (Wildman–Crippen LogP) is 1.12. The Morgan fingerprint density at radius 3 is 2.35 bits per heavy atom. The Hall–Kier alpha value is -1.52. The van der Waals surface area contributed by atoms with Crippen LogP contribution in [0.2, 0.25) is 0 Å². The molecule has 0 radical (unpaired) electrons. The third-order valence-corrected chi connectivity index (χ3v) is 3.52. The molecule has 2 atom stereocenters. The lowest BCUT2D eigenvalue weighted by Gasteiger charge is -2.32. The van der Waals surface area contributed by atoms with Gasteiger partial charge < -0.3 is 5.73 Å². The number of nitrogen functional groups attached to an aromatic ring is 1. The van der Waals surface area contributed by atoms with Gasteiger partial charge in [-0.1, -0.05) is 13.8 Å². The highest BCUT2D eigenvalue weighted by atomic mass is 16.2. The van der Waals surface area contributed by atoms with Crippen LogP contribution in [0.4, 0.5) is 5.82 Å². The van der Waals surface area contributed by atoms with Gasteiger partial charge in [0.1, 0.15) is 5.82 Å². The monoisotopic (exact) mass is 237 g/mol. The maximum absolute atomic E-state index is 11.8. The molecule has 94 valence electrons. The van der Waals surface area contributed by atoms with Gasteiger partial charge in [0.15, 0.2) is 0 Å². The average Bonchev–Trinajstić information content (AvgIpc) is 2.13. The summed E-state index contributed by atoms with van der Waals surface area (Å²) in [7, 11) is 0. The van der Waals surface area contributed by atoms with Crippen molar-refractivity contribution in [3.63, 3.8) is 0 Å². The van der Waals surface area contributed by atoms with Gasteiger partial charge in [0.2, 0.25) is 0 Å². The molecule has 0 aromatic carbocycles. The largest absolute Gasteiger partial charge is 0.385 e. The van der Waals surface area contributed by atoms with E-state index in [4.69, 9.17) is 5.73 Å². The van der Waals surface area contributed by atoms with E-state index in [-0.39, 0.29) is 17.5 Å². The van der Waals surface area contributed by atoms with E-state index in [1.54, 1.807) is 0 Å². The lowest BCUT2D eigenvalue weighted by atomic mass is 9.80. The molecule has 0 spiro atoms. The van der Waals surface area contributed by atoms with Crippen LogP contribution in [0.25, 0.3) is 0 Å². The molecule has 1 saturated carbocycles. The molecule has 2 rings (SSSR count). The topological polar surface area (TPSA) is 80.9 Å². The molecule has 1 aliphatic carbocycles. The van der Waals surface area contributed by atoms with Gasteiger partial charge in [0.25, 0.3) is 5.56 Å². The minimum Gasteiger partial charge on any atom is -0.385 e. The van der Waals surface area contributed by atoms with E-state index in [1.165, 1.54) is 17.1 Å². The molecule has 2 unspecified atom stereocenters. The SMILES string of the molecule is CC1CC(C)CC(n2c(N)cc(=O)[nH]c2=O)C1. The van der Waals surface area contributed by atoms with Crippen LogP contribution < -0.4 is 17.0 Å². The van der Waals surface area contributed by atoms with Gasteiger partial charge in [-0.15, -0.1) is 0 Å². The Bertz CT molecular complexity index is 507. The molecule has 5 nitrogen and oxygen atoms in total. The standard InChI is InChI=1S/C12H19N3O2/c1-7-3-8(2)5-9(4-7)15-10(13)6-11(16)14-12(15)17/h6-9H,3-5,13H2,1-2H3,(H,14,16,17). The van der Waals surface area contributed by atoms with Crippen LogP contribution in [-0.2, 0) is 0 Å². The highest BCUT2D eigenvalue weighted by Crippen LogP contribution is 2.35. The molecule has 1 fully saturated rings. The maximum Gasteiger partial charge on any atom is 0.330 e. The smallest absolute Gasteiger partial charge is 0.330 e. The average molecular weight is 237 g/mol. The molecular weight excluding hydrogens is 218 g/mol. The Balaban J connectivity index is 2.40. The molecule has 1 heterocycles. The number of hydrogen-bond acceptors (Lipinski definition) is 3. The number of nitrogens with one attached hydrogen (secondary N) is 1. The first-order chi connectivity index (χ1) is 7.97. The van der Waals surface area contributed by atoms with Gasteiger partial charge in [0.05, 0.1) is 0 Å². The zero-order chi connectivity index (χ0) is 12.6. The van der Waals surface area contributed by atoms with Crippen LogP contribution >= 0.6 is 0 Å². The summed E-state index contributed by atoms with van der Waals surface area (Å²) in [5.41, 5.74) is 4.97.